The van der Waals surface area contributed by atoms with E-state index in [1.165, 1.54) is 6.92 Å². The molecule has 1 saturated heterocycles. The van der Waals surface area contributed by atoms with Crippen LogP contribution in [0.2, 0.25) is 0 Å². The van der Waals surface area contributed by atoms with E-state index < -0.39 is 0 Å². The van der Waals surface area contributed by atoms with Gasteiger partial charge in [-0.05, 0) is 54.4 Å². The molecule has 4 aromatic rings. The van der Waals surface area contributed by atoms with Crippen molar-refractivity contribution in [2.75, 3.05) is 41.7 Å². The molecule has 0 spiro atoms. The number of rotatable bonds is 7. The fourth-order valence-electron chi connectivity index (χ4n) is 4.79. The first-order chi connectivity index (χ1) is 19.0. The number of hydrogen-bond acceptors (Lipinski definition) is 6. The first-order valence-electron chi connectivity index (χ1n) is 13.2. The zero-order valence-corrected chi connectivity index (χ0v) is 22.2. The summed E-state index contributed by atoms with van der Waals surface area (Å²) in [7, 11) is 0. The quantitative estimate of drug-likeness (QED) is 0.341. The number of aryl methyl sites for hydroxylation is 1. The zero-order valence-electron chi connectivity index (χ0n) is 22.2. The highest BCUT2D eigenvalue weighted by molar-refractivity contribution is 5.96. The van der Waals surface area contributed by atoms with Crippen LogP contribution in [-0.2, 0) is 11.2 Å². The van der Waals surface area contributed by atoms with Crippen LogP contribution in [0.25, 0.3) is 11.3 Å². The summed E-state index contributed by atoms with van der Waals surface area (Å²) in [6, 6.07) is 25.5. The van der Waals surface area contributed by atoms with E-state index in [1.807, 2.05) is 71.6 Å². The highest BCUT2D eigenvalue weighted by atomic mass is 16.2. The number of carbonyl (C=O) groups is 2. The molecule has 0 unspecified atom stereocenters. The van der Waals surface area contributed by atoms with E-state index in [0.717, 1.165) is 59.0 Å². The first-order valence-corrected chi connectivity index (χ1v) is 13.2. The molecule has 2 N–H and O–H groups in total. The summed E-state index contributed by atoms with van der Waals surface area (Å²) in [6.45, 7) is 6.47. The Bertz CT molecular complexity index is 1460. The standard InChI is InChI=1S/C31H32N6O2/c1-3-23-7-4-5-10-28(23)30(39)37-19-17-36(18-20-37)27-9-6-8-26(21-27)34-31-32-16-15-29(35-31)24-11-13-25(14-12-24)33-22(2)38/h4-16,21H,3,17-20H2,1-2H3,(H,33,38)(H,32,34,35). The SMILES string of the molecule is CCc1ccccc1C(=O)N1CCN(c2cccc(Nc3nccc(-c4ccc(NC(C)=O)cc4)n3)c2)CC1. The molecule has 1 aliphatic rings. The predicted octanol–water partition coefficient (Wildman–Crippen LogP) is 5.37. The van der Waals surface area contributed by atoms with Gasteiger partial charge in [-0.15, -0.1) is 0 Å². The van der Waals surface area contributed by atoms with Gasteiger partial charge in [0.15, 0.2) is 0 Å². The van der Waals surface area contributed by atoms with Crippen molar-refractivity contribution < 1.29 is 9.59 Å². The molecule has 0 saturated carbocycles. The highest BCUT2D eigenvalue weighted by Gasteiger charge is 2.23. The molecule has 0 bridgehead atoms. The largest absolute Gasteiger partial charge is 0.368 e. The number of anilines is 4. The summed E-state index contributed by atoms with van der Waals surface area (Å²) < 4.78 is 0. The van der Waals surface area contributed by atoms with Gasteiger partial charge in [-0.1, -0.05) is 43.3 Å². The van der Waals surface area contributed by atoms with Crippen LogP contribution in [-0.4, -0.2) is 52.9 Å². The van der Waals surface area contributed by atoms with Crippen molar-refractivity contribution >= 4 is 34.8 Å². The Labute approximate surface area is 228 Å². The van der Waals surface area contributed by atoms with Crippen LogP contribution in [0.4, 0.5) is 23.0 Å². The number of aromatic nitrogens is 2. The lowest BCUT2D eigenvalue weighted by Gasteiger charge is -2.36. The lowest BCUT2D eigenvalue weighted by molar-refractivity contribution is -0.114. The van der Waals surface area contributed by atoms with Gasteiger partial charge in [0.25, 0.3) is 5.91 Å². The number of benzene rings is 3. The van der Waals surface area contributed by atoms with Crippen molar-refractivity contribution in [3.8, 4) is 11.3 Å². The van der Waals surface area contributed by atoms with Gasteiger partial charge in [0, 0.05) is 67.5 Å². The van der Waals surface area contributed by atoms with Gasteiger partial charge in [0.1, 0.15) is 0 Å². The Morgan fingerprint density at radius 3 is 2.38 bits per heavy atom. The van der Waals surface area contributed by atoms with Crippen LogP contribution in [0.5, 0.6) is 0 Å². The summed E-state index contributed by atoms with van der Waals surface area (Å²) in [6.07, 6.45) is 2.57. The van der Waals surface area contributed by atoms with E-state index in [4.69, 9.17) is 0 Å². The molecule has 1 aromatic heterocycles. The Hall–Kier alpha value is -4.72. The highest BCUT2D eigenvalue weighted by Crippen LogP contribution is 2.25. The maximum Gasteiger partial charge on any atom is 0.254 e. The van der Waals surface area contributed by atoms with E-state index in [0.29, 0.717) is 19.0 Å². The molecule has 0 radical (unpaired) electrons. The fourth-order valence-corrected chi connectivity index (χ4v) is 4.79. The van der Waals surface area contributed by atoms with Gasteiger partial charge >= 0.3 is 0 Å². The number of carbonyl (C=O) groups excluding carboxylic acids is 2. The lowest BCUT2D eigenvalue weighted by Crippen LogP contribution is -2.49. The molecule has 39 heavy (non-hydrogen) atoms. The average Bonchev–Trinajstić information content (AvgIpc) is 2.97. The summed E-state index contributed by atoms with van der Waals surface area (Å²) in [5.74, 6) is 0.511. The van der Waals surface area contributed by atoms with Crippen molar-refractivity contribution in [3.05, 3.63) is 96.2 Å². The van der Waals surface area contributed by atoms with Crippen LogP contribution in [0.15, 0.2) is 85.1 Å². The maximum atomic E-state index is 13.1. The fraction of sp³-hybridized carbons (Fsp3) is 0.226. The van der Waals surface area contributed by atoms with Gasteiger partial charge in [0.2, 0.25) is 11.9 Å². The van der Waals surface area contributed by atoms with E-state index in [9.17, 15) is 9.59 Å². The third-order valence-electron chi connectivity index (χ3n) is 6.82. The van der Waals surface area contributed by atoms with Crippen molar-refractivity contribution in [1.82, 2.24) is 14.9 Å². The minimum atomic E-state index is -0.105. The normalized spacial score (nSPS) is 13.2. The molecular weight excluding hydrogens is 488 g/mol. The lowest BCUT2D eigenvalue weighted by atomic mass is 10.0. The molecule has 0 atom stereocenters. The second-order valence-electron chi connectivity index (χ2n) is 9.49. The van der Waals surface area contributed by atoms with Gasteiger partial charge < -0.3 is 20.4 Å². The molecule has 1 fully saturated rings. The Kier molecular flexibility index (Phi) is 7.82. The minimum Gasteiger partial charge on any atom is -0.368 e. The molecule has 5 rings (SSSR count). The van der Waals surface area contributed by atoms with Gasteiger partial charge in [-0.3, -0.25) is 9.59 Å². The van der Waals surface area contributed by atoms with E-state index in [1.54, 1.807) is 6.20 Å². The topological polar surface area (TPSA) is 90.5 Å². The molecule has 3 aromatic carbocycles. The Morgan fingerprint density at radius 2 is 1.64 bits per heavy atom. The number of nitrogens with one attached hydrogen (secondary N) is 2. The molecule has 8 heteroatoms. The number of amides is 2. The monoisotopic (exact) mass is 520 g/mol. The van der Waals surface area contributed by atoms with Crippen LogP contribution < -0.4 is 15.5 Å². The molecule has 2 heterocycles. The summed E-state index contributed by atoms with van der Waals surface area (Å²) in [5, 5.41) is 6.09. The zero-order chi connectivity index (χ0) is 27.2. The Balaban J connectivity index is 1.23. The van der Waals surface area contributed by atoms with Crippen molar-refractivity contribution in [3.63, 3.8) is 0 Å². The Morgan fingerprint density at radius 1 is 0.872 bits per heavy atom. The van der Waals surface area contributed by atoms with Gasteiger partial charge in [0.05, 0.1) is 5.69 Å². The van der Waals surface area contributed by atoms with E-state index in [-0.39, 0.29) is 11.8 Å². The number of piperazine rings is 1. The van der Waals surface area contributed by atoms with Crippen molar-refractivity contribution in [1.29, 1.82) is 0 Å². The van der Waals surface area contributed by atoms with Gasteiger partial charge in [-0.2, -0.15) is 0 Å². The second-order valence-corrected chi connectivity index (χ2v) is 9.49. The van der Waals surface area contributed by atoms with Crippen LogP contribution >= 0.6 is 0 Å². The summed E-state index contributed by atoms with van der Waals surface area (Å²) in [5.41, 5.74) is 6.33. The molecule has 198 valence electrons. The summed E-state index contributed by atoms with van der Waals surface area (Å²) >= 11 is 0. The van der Waals surface area contributed by atoms with Crippen LogP contribution in [0, 0.1) is 0 Å². The number of hydrogen-bond donors (Lipinski definition) is 2. The summed E-state index contributed by atoms with van der Waals surface area (Å²) in [4.78, 5) is 37.7. The van der Waals surface area contributed by atoms with Crippen molar-refractivity contribution in [2.24, 2.45) is 0 Å². The van der Waals surface area contributed by atoms with Gasteiger partial charge in [-0.25, -0.2) is 9.97 Å². The van der Waals surface area contributed by atoms with E-state index in [2.05, 4.69) is 44.6 Å². The maximum absolute atomic E-state index is 13.1. The second kappa shape index (κ2) is 11.8. The first kappa shape index (κ1) is 25.9. The average molecular weight is 521 g/mol. The molecule has 8 nitrogen and oxygen atoms in total. The van der Waals surface area contributed by atoms with Crippen LogP contribution in [0.1, 0.15) is 29.8 Å². The molecule has 2 amide bonds. The molecule has 1 aliphatic heterocycles. The minimum absolute atomic E-state index is 0.105. The molecular formula is C31H32N6O2. The third-order valence-corrected chi connectivity index (χ3v) is 6.82. The third kappa shape index (κ3) is 6.23. The van der Waals surface area contributed by atoms with Crippen LogP contribution in [0.3, 0.4) is 0 Å². The molecule has 0 aliphatic carbocycles. The van der Waals surface area contributed by atoms with E-state index >= 15 is 0 Å². The number of nitrogens with zero attached hydrogens (tertiary/aromatic N) is 4. The predicted molar refractivity (Wildman–Crippen MR) is 155 cm³/mol. The smallest absolute Gasteiger partial charge is 0.254 e. The van der Waals surface area contributed by atoms with Crippen molar-refractivity contribution in [2.45, 2.75) is 20.3 Å².